The number of rotatable bonds is 5. The van der Waals surface area contributed by atoms with Gasteiger partial charge in [0, 0.05) is 41.3 Å². The first-order chi connectivity index (χ1) is 19.5. The number of aromatic hydroxyl groups is 1. The number of hydrogen-bond donors (Lipinski definition) is 1. The predicted molar refractivity (Wildman–Crippen MR) is 158 cm³/mol. The number of halogens is 1. The van der Waals surface area contributed by atoms with Crippen LogP contribution in [0.2, 0.25) is 5.02 Å². The Morgan fingerprint density at radius 1 is 1.02 bits per heavy atom. The van der Waals surface area contributed by atoms with E-state index in [-0.39, 0.29) is 11.3 Å². The quantitative estimate of drug-likeness (QED) is 0.303. The van der Waals surface area contributed by atoms with Gasteiger partial charge in [0.25, 0.3) is 0 Å². The van der Waals surface area contributed by atoms with E-state index in [4.69, 9.17) is 31.3 Å². The van der Waals surface area contributed by atoms with E-state index in [0.717, 1.165) is 52.4 Å². The summed E-state index contributed by atoms with van der Waals surface area (Å²) in [5.74, 6) is 3.71. The third-order valence-corrected chi connectivity index (χ3v) is 10.2. The van der Waals surface area contributed by atoms with Crippen molar-refractivity contribution in [3.8, 4) is 23.0 Å². The summed E-state index contributed by atoms with van der Waals surface area (Å²) in [5, 5.41) is 13.7. The van der Waals surface area contributed by atoms with Gasteiger partial charge >= 0.3 is 0 Å². The van der Waals surface area contributed by atoms with Gasteiger partial charge in [-0.15, -0.1) is 0 Å². The van der Waals surface area contributed by atoms with Gasteiger partial charge in [-0.3, -0.25) is 4.90 Å². The lowest BCUT2D eigenvalue weighted by molar-refractivity contribution is 0.111. The first kappa shape index (κ1) is 24.6. The minimum absolute atomic E-state index is 0.148. The summed E-state index contributed by atoms with van der Waals surface area (Å²) in [7, 11) is 0. The van der Waals surface area contributed by atoms with E-state index in [2.05, 4.69) is 9.80 Å². The van der Waals surface area contributed by atoms with Crippen LogP contribution < -0.4 is 9.64 Å². The molecule has 2 unspecified atom stereocenters. The van der Waals surface area contributed by atoms with Gasteiger partial charge in [-0.25, -0.2) is 9.97 Å². The molecular formula is C32H34ClN5O2. The van der Waals surface area contributed by atoms with Crippen LogP contribution in [0.1, 0.15) is 44.9 Å². The highest BCUT2D eigenvalue weighted by Gasteiger charge is 2.45. The topological polar surface area (TPSA) is 74.6 Å². The van der Waals surface area contributed by atoms with E-state index in [0.29, 0.717) is 28.9 Å². The molecule has 2 aromatic carbocycles. The van der Waals surface area contributed by atoms with Gasteiger partial charge in [-0.1, -0.05) is 23.7 Å². The normalized spacial score (nSPS) is 23.8. The van der Waals surface area contributed by atoms with Gasteiger partial charge in [0.1, 0.15) is 18.2 Å². The molecule has 2 bridgehead atoms. The number of ether oxygens (including phenoxy) is 1. The average Bonchev–Trinajstić information content (AvgIpc) is 3.64. The smallest absolute Gasteiger partial charge is 0.217 e. The fourth-order valence-corrected chi connectivity index (χ4v) is 8.31. The van der Waals surface area contributed by atoms with Crippen molar-refractivity contribution < 1.29 is 9.84 Å². The van der Waals surface area contributed by atoms with Crippen LogP contribution >= 0.6 is 11.6 Å². The molecule has 4 aliphatic rings. The van der Waals surface area contributed by atoms with Gasteiger partial charge < -0.3 is 14.7 Å². The molecule has 2 atom stereocenters. The monoisotopic (exact) mass is 555 g/mol. The standard InChI is InChI=1S/C32H34ClN5O2/c33-26-5-1-4-22-13-23(39)14-24(29(22)26)30-34-16-25-27(35-30)15-28(40-19-32-8-2-10-38(32)11-3-9-32)36-31(25)37-17-20-6-7-21(12-20)18-37/h1,4-5,13-16,20-21,39H,2-3,6-12,17-19H2. The van der Waals surface area contributed by atoms with E-state index < -0.39 is 0 Å². The van der Waals surface area contributed by atoms with Gasteiger partial charge in [0.2, 0.25) is 5.88 Å². The molecule has 206 valence electrons. The molecule has 1 N–H and O–H groups in total. The molecule has 1 aliphatic carbocycles. The number of phenols is 1. The molecule has 8 rings (SSSR count). The number of anilines is 1. The molecule has 8 heteroatoms. The first-order valence-corrected chi connectivity index (χ1v) is 15.1. The molecule has 1 saturated carbocycles. The van der Waals surface area contributed by atoms with Crippen molar-refractivity contribution in [2.75, 3.05) is 37.7 Å². The molecule has 3 aliphatic heterocycles. The SMILES string of the molecule is Oc1cc(-c2ncc3c(N4CC5CCC(C5)C4)nc(OCC45CCCN4CCC5)cc3n2)c2c(Cl)cccc2c1. The van der Waals surface area contributed by atoms with E-state index in [1.54, 1.807) is 12.1 Å². The highest BCUT2D eigenvalue weighted by atomic mass is 35.5. The van der Waals surface area contributed by atoms with Crippen molar-refractivity contribution in [2.45, 2.75) is 50.5 Å². The summed E-state index contributed by atoms with van der Waals surface area (Å²) in [4.78, 5) is 20.0. The van der Waals surface area contributed by atoms with Gasteiger partial charge in [-0.2, -0.15) is 4.98 Å². The molecule has 0 radical (unpaired) electrons. The Hall–Kier alpha value is -3.16. The molecule has 4 aromatic rings. The summed E-state index contributed by atoms with van der Waals surface area (Å²) in [6, 6.07) is 11.1. The number of phenolic OH excluding ortho intramolecular Hbond substituents is 1. The number of fused-ring (bicyclic) bond motifs is 5. The Morgan fingerprint density at radius 2 is 1.82 bits per heavy atom. The average molecular weight is 556 g/mol. The minimum Gasteiger partial charge on any atom is -0.508 e. The molecule has 40 heavy (non-hydrogen) atoms. The Balaban J connectivity index is 1.23. The molecule has 7 nitrogen and oxygen atoms in total. The van der Waals surface area contributed by atoms with Crippen LogP contribution in [0.25, 0.3) is 33.1 Å². The number of benzene rings is 2. The third-order valence-electron chi connectivity index (χ3n) is 9.89. The Morgan fingerprint density at radius 3 is 2.62 bits per heavy atom. The van der Waals surface area contributed by atoms with Crippen LogP contribution in [0.4, 0.5) is 5.82 Å². The second-order valence-corrected chi connectivity index (χ2v) is 12.8. The highest BCUT2D eigenvalue weighted by molar-refractivity contribution is 6.36. The van der Waals surface area contributed by atoms with Gasteiger partial charge in [0.15, 0.2) is 5.82 Å². The minimum atomic E-state index is 0.148. The summed E-state index contributed by atoms with van der Waals surface area (Å²) < 4.78 is 6.56. The molecule has 0 amide bonds. The maximum absolute atomic E-state index is 10.5. The maximum atomic E-state index is 10.5. The number of pyridine rings is 1. The zero-order valence-corrected chi connectivity index (χ0v) is 23.4. The molecule has 0 spiro atoms. The third kappa shape index (κ3) is 4.08. The molecule has 2 aromatic heterocycles. The zero-order chi connectivity index (χ0) is 26.8. The van der Waals surface area contributed by atoms with Crippen LogP contribution in [0, 0.1) is 11.8 Å². The van der Waals surface area contributed by atoms with E-state index in [9.17, 15) is 5.11 Å². The van der Waals surface area contributed by atoms with Crippen molar-refractivity contribution in [3.63, 3.8) is 0 Å². The Labute approximate surface area is 239 Å². The van der Waals surface area contributed by atoms with Crippen LogP contribution in [-0.4, -0.2) is 63.3 Å². The maximum Gasteiger partial charge on any atom is 0.217 e. The van der Waals surface area contributed by atoms with Crippen LogP contribution in [0.3, 0.4) is 0 Å². The summed E-state index contributed by atoms with van der Waals surface area (Å²) >= 11 is 6.64. The Kier molecular flexibility index (Phi) is 5.82. The lowest BCUT2D eigenvalue weighted by Crippen LogP contribution is -2.43. The van der Waals surface area contributed by atoms with Crippen molar-refractivity contribution in [3.05, 3.63) is 47.6 Å². The summed E-state index contributed by atoms with van der Waals surface area (Å²) in [6.45, 7) is 5.06. The molecule has 3 saturated heterocycles. The second kappa shape index (κ2) is 9.45. The zero-order valence-electron chi connectivity index (χ0n) is 22.7. The fraction of sp³-hybridized carbons (Fsp3) is 0.469. The second-order valence-electron chi connectivity index (χ2n) is 12.4. The van der Waals surface area contributed by atoms with Gasteiger partial charge in [0.05, 0.1) is 16.4 Å². The molecule has 4 fully saturated rings. The van der Waals surface area contributed by atoms with Crippen LogP contribution in [-0.2, 0) is 0 Å². The van der Waals surface area contributed by atoms with E-state index in [1.165, 1.54) is 58.0 Å². The van der Waals surface area contributed by atoms with Crippen LogP contribution in [0.5, 0.6) is 11.6 Å². The van der Waals surface area contributed by atoms with Crippen molar-refractivity contribution in [1.29, 1.82) is 0 Å². The lowest BCUT2D eigenvalue weighted by Gasteiger charge is -2.34. The molecular weight excluding hydrogens is 522 g/mol. The number of hydrogen-bond acceptors (Lipinski definition) is 7. The lowest BCUT2D eigenvalue weighted by atomic mass is 9.95. The van der Waals surface area contributed by atoms with Gasteiger partial charge in [-0.05, 0) is 93.5 Å². The fourth-order valence-electron chi connectivity index (χ4n) is 8.03. The van der Waals surface area contributed by atoms with Crippen molar-refractivity contribution in [2.24, 2.45) is 11.8 Å². The van der Waals surface area contributed by atoms with E-state index >= 15 is 0 Å². The number of piperidine rings is 1. The highest BCUT2D eigenvalue weighted by Crippen LogP contribution is 2.42. The number of nitrogens with zero attached hydrogens (tertiary/aromatic N) is 5. The van der Waals surface area contributed by atoms with Crippen molar-refractivity contribution in [1.82, 2.24) is 19.9 Å². The summed E-state index contributed by atoms with van der Waals surface area (Å²) in [6.07, 6.45) is 10.7. The van der Waals surface area contributed by atoms with Crippen LogP contribution in [0.15, 0.2) is 42.6 Å². The largest absolute Gasteiger partial charge is 0.508 e. The summed E-state index contributed by atoms with van der Waals surface area (Å²) in [5.41, 5.74) is 1.67. The predicted octanol–water partition coefficient (Wildman–Crippen LogP) is 6.45. The van der Waals surface area contributed by atoms with E-state index in [1.807, 2.05) is 30.5 Å². The number of aromatic nitrogens is 3. The Bertz CT molecular complexity index is 1600. The first-order valence-electron chi connectivity index (χ1n) is 14.8. The van der Waals surface area contributed by atoms with Crippen molar-refractivity contribution >= 4 is 39.1 Å². The molecule has 5 heterocycles.